The summed E-state index contributed by atoms with van der Waals surface area (Å²) < 4.78 is 64.2. The van der Waals surface area contributed by atoms with E-state index in [2.05, 4.69) is 0 Å². The standard InChI is InChI=1S/C10H9F3O3S/c11-10(12,13)17(14,15)9-3-1-2-7(5-9)4-8-6-16-8/h1-3,5,8H,4,6H2. The van der Waals surface area contributed by atoms with Gasteiger partial charge in [-0.1, -0.05) is 12.1 Å². The van der Waals surface area contributed by atoms with Crippen LogP contribution in [-0.4, -0.2) is 26.6 Å². The Labute approximate surface area is 96.1 Å². The lowest BCUT2D eigenvalue weighted by Crippen LogP contribution is -2.23. The first-order chi connectivity index (χ1) is 7.80. The Hall–Kier alpha value is -1.08. The zero-order valence-electron chi connectivity index (χ0n) is 8.57. The largest absolute Gasteiger partial charge is 0.501 e. The number of rotatable bonds is 3. The molecule has 0 aromatic heterocycles. The normalized spacial score (nSPS) is 20.3. The van der Waals surface area contributed by atoms with Gasteiger partial charge in [-0.25, -0.2) is 8.42 Å². The maximum Gasteiger partial charge on any atom is 0.501 e. The van der Waals surface area contributed by atoms with Gasteiger partial charge in [0.05, 0.1) is 17.6 Å². The minimum Gasteiger partial charge on any atom is -0.373 e. The molecular weight excluding hydrogens is 257 g/mol. The number of halogens is 3. The van der Waals surface area contributed by atoms with Gasteiger partial charge >= 0.3 is 5.51 Å². The molecule has 0 N–H and O–H groups in total. The van der Waals surface area contributed by atoms with E-state index in [4.69, 9.17) is 4.74 Å². The molecule has 1 unspecified atom stereocenters. The molecule has 1 aromatic carbocycles. The Morgan fingerprint density at radius 2 is 2.00 bits per heavy atom. The van der Waals surface area contributed by atoms with Crippen molar-refractivity contribution < 1.29 is 26.3 Å². The molecule has 94 valence electrons. The van der Waals surface area contributed by atoms with Crippen molar-refractivity contribution in [1.82, 2.24) is 0 Å². The molecule has 17 heavy (non-hydrogen) atoms. The van der Waals surface area contributed by atoms with Crippen LogP contribution in [0.3, 0.4) is 0 Å². The molecule has 0 amide bonds. The summed E-state index contributed by atoms with van der Waals surface area (Å²) in [6.45, 7) is 0.566. The number of sulfone groups is 1. The van der Waals surface area contributed by atoms with Crippen molar-refractivity contribution in [2.24, 2.45) is 0 Å². The monoisotopic (exact) mass is 266 g/mol. The quantitative estimate of drug-likeness (QED) is 0.785. The van der Waals surface area contributed by atoms with Crippen LogP contribution in [0.5, 0.6) is 0 Å². The summed E-state index contributed by atoms with van der Waals surface area (Å²) in [5, 5.41) is 0. The second kappa shape index (κ2) is 3.99. The SMILES string of the molecule is O=S(=O)(c1cccc(CC2CO2)c1)C(F)(F)F. The van der Waals surface area contributed by atoms with Gasteiger partial charge in [0.25, 0.3) is 9.84 Å². The van der Waals surface area contributed by atoms with Crippen LogP contribution in [-0.2, 0) is 21.0 Å². The average Bonchev–Trinajstić information content (AvgIpc) is 3.00. The molecule has 1 heterocycles. The lowest BCUT2D eigenvalue weighted by molar-refractivity contribution is -0.0436. The average molecular weight is 266 g/mol. The highest BCUT2D eigenvalue weighted by Crippen LogP contribution is 2.31. The maximum atomic E-state index is 12.3. The number of benzene rings is 1. The molecule has 0 aliphatic carbocycles. The van der Waals surface area contributed by atoms with Crippen molar-refractivity contribution in [3.05, 3.63) is 29.8 Å². The summed E-state index contributed by atoms with van der Waals surface area (Å²) in [5.41, 5.74) is -4.74. The summed E-state index contributed by atoms with van der Waals surface area (Å²) in [6, 6.07) is 4.87. The van der Waals surface area contributed by atoms with E-state index < -0.39 is 20.2 Å². The third-order valence-corrected chi connectivity index (χ3v) is 3.86. The van der Waals surface area contributed by atoms with Gasteiger partial charge in [-0.3, -0.25) is 0 Å². The van der Waals surface area contributed by atoms with Gasteiger partial charge in [0.1, 0.15) is 0 Å². The highest BCUT2D eigenvalue weighted by Gasteiger charge is 2.46. The Morgan fingerprint density at radius 3 is 2.53 bits per heavy atom. The van der Waals surface area contributed by atoms with E-state index in [-0.39, 0.29) is 6.10 Å². The summed E-state index contributed by atoms with van der Waals surface area (Å²) in [5.74, 6) is 0. The molecular formula is C10H9F3O3S. The maximum absolute atomic E-state index is 12.3. The molecule has 0 saturated carbocycles. The van der Waals surface area contributed by atoms with E-state index in [9.17, 15) is 21.6 Å². The fourth-order valence-corrected chi connectivity index (χ4v) is 2.25. The summed E-state index contributed by atoms with van der Waals surface area (Å²) in [6.07, 6.45) is 0.431. The van der Waals surface area contributed by atoms with Gasteiger partial charge in [0, 0.05) is 6.42 Å². The number of ether oxygens (including phenoxy) is 1. The van der Waals surface area contributed by atoms with Crippen molar-refractivity contribution in [3.8, 4) is 0 Å². The molecule has 0 spiro atoms. The van der Waals surface area contributed by atoms with Crippen LogP contribution in [0.15, 0.2) is 29.2 Å². The lowest BCUT2D eigenvalue weighted by Gasteiger charge is -2.09. The first-order valence-corrected chi connectivity index (χ1v) is 6.31. The van der Waals surface area contributed by atoms with Crippen molar-refractivity contribution >= 4 is 9.84 Å². The minimum atomic E-state index is -5.26. The summed E-state index contributed by atoms with van der Waals surface area (Å²) in [4.78, 5) is -0.719. The number of hydrogen-bond donors (Lipinski definition) is 0. The predicted octanol–water partition coefficient (Wildman–Crippen LogP) is 1.92. The number of hydrogen-bond acceptors (Lipinski definition) is 3. The zero-order chi connectivity index (χ0) is 12.7. The Morgan fingerprint density at radius 1 is 1.35 bits per heavy atom. The first-order valence-electron chi connectivity index (χ1n) is 4.82. The Kier molecular flexibility index (Phi) is 2.90. The van der Waals surface area contributed by atoms with E-state index >= 15 is 0 Å². The topological polar surface area (TPSA) is 46.7 Å². The molecule has 1 aromatic rings. The van der Waals surface area contributed by atoms with E-state index in [1.807, 2.05) is 0 Å². The lowest BCUT2D eigenvalue weighted by atomic mass is 10.1. The number of alkyl halides is 3. The van der Waals surface area contributed by atoms with Crippen molar-refractivity contribution in [2.75, 3.05) is 6.61 Å². The van der Waals surface area contributed by atoms with Gasteiger partial charge in [-0.15, -0.1) is 0 Å². The molecule has 1 aliphatic heterocycles. The fraction of sp³-hybridized carbons (Fsp3) is 0.400. The molecule has 1 saturated heterocycles. The highest BCUT2D eigenvalue weighted by atomic mass is 32.2. The minimum absolute atomic E-state index is 0.00107. The molecule has 7 heteroatoms. The summed E-state index contributed by atoms with van der Waals surface area (Å²) in [7, 11) is -5.26. The van der Waals surface area contributed by atoms with Crippen molar-refractivity contribution in [2.45, 2.75) is 22.9 Å². The molecule has 1 fully saturated rings. The van der Waals surface area contributed by atoms with Gasteiger partial charge in [0.2, 0.25) is 0 Å². The molecule has 1 atom stereocenters. The smallest absolute Gasteiger partial charge is 0.373 e. The Bertz CT molecular complexity index is 518. The van der Waals surface area contributed by atoms with Crippen LogP contribution in [0.2, 0.25) is 0 Å². The van der Waals surface area contributed by atoms with Gasteiger partial charge in [-0.2, -0.15) is 13.2 Å². The van der Waals surface area contributed by atoms with Gasteiger partial charge in [-0.05, 0) is 17.7 Å². The van der Waals surface area contributed by atoms with E-state index in [0.717, 1.165) is 12.1 Å². The predicted molar refractivity (Wildman–Crippen MR) is 53.1 cm³/mol. The van der Waals surface area contributed by atoms with Crippen LogP contribution in [0.1, 0.15) is 5.56 Å². The Balaban J connectivity index is 2.32. The van der Waals surface area contributed by atoms with Gasteiger partial charge < -0.3 is 4.74 Å². The fourth-order valence-electron chi connectivity index (χ4n) is 1.42. The number of epoxide rings is 1. The molecule has 2 rings (SSSR count). The third kappa shape index (κ3) is 2.61. The van der Waals surface area contributed by atoms with Crippen LogP contribution in [0.25, 0.3) is 0 Å². The second-order valence-electron chi connectivity index (χ2n) is 3.76. The van der Waals surface area contributed by atoms with Crippen LogP contribution < -0.4 is 0 Å². The van der Waals surface area contributed by atoms with Crippen molar-refractivity contribution in [3.63, 3.8) is 0 Å². The molecule has 0 radical (unpaired) electrons. The van der Waals surface area contributed by atoms with Crippen LogP contribution >= 0.6 is 0 Å². The van der Waals surface area contributed by atoms with Gasteiger partial charge in [0.15, 0.2) is 0 Å². The molecule has 1 aliphatic rings. The van der Waals surface area contributed by atoms with E-state index in [0.29, 0.717) is 18.6 Å². The van der Waals surface area contributed by atoms with Crippen molar-refractivity contribution in [1.29, 1.82) is 0 Å². The highest BCUT2D eigenvalue weighted by molar-refractivity contribution is 7.92. The van der Waals surface area contributed by atoms with Crippen LogP contribution in [0, 0.1) is 0 Å². The van der Waals surface area contributed by atoms with E-state index in [1.165, 1.54) is 6.07 Å². The zero-order valence-corrected chi connectivity index (χ0v) is 9.38. The van der Waals surface area contributed by atoms with E-state index in [1.54, 1.807) is 6.07 Å². The molecule has 0 bridgehead atoms. The summed E-state index contributed by atoms with van der Waals surface area (Å²) >= 11 is 0. The molecule has 3 nitrogen and oxygen atoms in total. The third-order valence-electron chi connectivity index (χ3n) is 2.38. The second-order valence-corrected chi connectivity index (χ2v) is 5.70. The van der Waals surface area contributed by atoms with Crippen LogP contribution in [0.4, 0.5) is 13.2 Å². The first kappa shape index (κ1) is 12.4.